The summed E-state index contributed by atoms with van der Waals surface area (Å²) < 4.78 is 5.67. The minimum absolute atomic E-state index is 0.749. The van der Waals surface area contributed by atoms with Crippen molar-refractivity contribution in [1.82, 2.24) is 15.5 Å². The summed E-state index contributed by atoms with van der Waals surface area (Å²) in [5.41, 5.74) is 6.00. The molecule has 0 unspecified atom stereocenters. The van der Waals surface area contributed by atoms with Gasteiger partial charge in [0.1, 0.15) is 11.5 Å². The van der Waals surface area contributed by atoms with E-state index in [1.165, 1.54) is 16.7 Å². The third-order valence-electron chi connectivity index (χ3n) is 3.83. The zero-order chi connectivity index (χ0) is 15.5. The first-order valence-corrected chi connectivity index (χ1v) is 7.49. The van der Waals surface area contributed by atoms with Crippen molar-refractivity contribution in [3.05, 3.63) is 64.5 Å². The molecule has 0 aliphatic carbocycles. The van der Waals surface area contributed by atoms with E-state index in [4.69, 9.17) is 4.42 Å². The predicted octanol–water partition coefficient (Wildman–Crippen LogP) is 3.88. The van der Waals surface area contributed by atoms with Crippen molar-refractivity contribution < 1.29 is 4.42 Å². The molecule has 0 aliphatic heterocycles. The number of aromatic amines is 1. The Morgan fingerprint density at radius 3 is 2.59 bits per heavy atom. The molecular weight excluding hydrogens is 274 g/mol. The lowest BCUT2D eigenvalue weighted by molar-refractivity contribution is 0.545. The van der Waals surface area contributed by atoms with Crippen LogP contribution in [0.4, 0.5) is 0 Å². The van der Waals surface area contributed by atoms with Crippen molar-refractivity contribution in [2.24, 2.45) is 0 Å². The monoisotopic (exact) mass is 295 g/mol. The van der Waals surface area contributed by atoms with Gasteiger partial charge in [0.2, 0.25) is 0 Å². The van der Waals surface area contributed by atoms with E-state index in [1.807, 2.05) is 25.3 Å². The quantitative estimate of drug-likeness (QED) is 0.751. The Balaban J connectivity index is 1.66. The van der Waals surface area contributed by atoms with E-state index < -0.39 is 0 Å². The Labute approximate surface area is 130 Å². The van der Waals surface area contributed by atoms with Crippen molar-refractivity contribution in [2.45, 2.75) is 33.9 Å². The van der Waals surface area contributed by atoms with Crippen LogP contribution in [-0.2, 0) is 13.1 Å². The van der Waals surface area contributed by atoms with Crippen LogP contribution in [0, 0.1) is 20.8 Å². The fourth-order valence-electron chi connectivity index (χ4n) is 2.60. The molecule has 0 fully saturated rings. The summed E-state index contributed by atoms with van der Waals surface area (Å²) in [6, 6.07) is 10.5. The topological polar surface area (TPSA) is 53.9 Å². The van der Waals surface area contributed by atoms with Crippen LogP contribution in [0.15, 0.2) is 40.9 Å². The smallest absolute Gasteiger partial charge is 0.152 e. The standard InChI is InChI=1S/C18H21N3O/c1-12-4-6-15(13(2)8-12)9-19-10-16-11-20-21-18(16)17-7-5-14(3)22-17/h4-8,11,19H,9-10H2,1-3H3,(H,20,21). The maximum absolute atomic E-state index is 5.67. The molecule has 0 spiro atoms. The van der Waals surface area contributed by atoms with Gasteiger partial charge in [-0.2, -0.15) is 5.10 Å². The average molecular weight is 295 g/mol. The third-order valence-corrected chi connectivity index (χ3v) is 3.83. The Bertz CT molecular complexity index is 770. The van der Waals surface area contributed by atoms with Gasteiger partial charge in [0.15, 0.2) is 5.76 Å². The van der Waals surface area contributed by atoms with Gasteiger partial charge in [-0.25, -0.2) is 0 Å². The van der Waals surface area contributed by atoms with Crippen molar-refractivity contribution in [2.75, 3.05) is 0 Å². The number of furan rings is 1. The lowest BCUT2D eigenvalue weighted by atomic mass is 10.1. The first-order valence-electron chi connectivity index (χ1n) is 7.49. The lowest BCUT2D eigenvalue weighted by Crippen LogP contribution is -2.13. The molecule has 0 bridgehead atoms. The van der Waals surface area contributed by atoms with Crippen LogP contribution in [0.5, 0.6) is 0 Å². The normalized spacial score (nSPS) is 11.0. The van der Waals surface area contributed by atoms with Crippen molar-refractivity contribution in [1.29, 1.82) is 0 Å². The minimum atomic E-state index is 0.749. The second-order valence-electron chi connectivity index (χ2n) is 5.71. The van der Waals surface area contributed by atoms with Gasteiger partial charge in [0.05, 0.1) is 6.20 Å². The van der Waals surface area contributed by atoms with Crippen LogP contribution in [0.3, 0.4) is 0 Å². The van der Waals surface area contributed by atoms with Gasteiger partial charge < -0.3 is 9.73 Å². The first-order chi connectivity index (χ1) is 10.6. The molecule has 4 nitrogen and oxygen atoms in total. The summed E-state index contributed by atoms with van der Waals surface area (Å²) >= 11 is 0. The zero-order valence-electron chi connectivity index (χ0n) is 13.2. The van der Waals surface area contributed by atoms with Crippen LogP contribution in [0.25, 0.3) is 11.5 Å². The number of aryl methyl sites for hydroxylation is 3. The van der Waals surface area contributed by atoms with Gasteiger partial charge >= 0.3 is 0 Å². The van der Waals surface area contributed by atoms with Gasteiger partial charge in [-0.3, -0.25) is 5.10 Å². The van der Waals surface area contributed by atoms with Gasteiger partial charge in [0, 0.05) is 18.7 Å². The molecule has 0 atom stereocenters. The molecule has 2 heterocycles. The largest absolute Gasteiger partial charge is 0.460 e. The van der Waals surface area contributed by atoms with Gasteiger partial charge in [-0.15, -0.1) is 0 Å². The summed E-state index contributed by atoms with van der Waals surface area (Å²) in [6.45, 7) is 7.80. The Morgan fingerprint density at radius 2 is 1.86 bits per heavy atom. The third kappa shape index (κ3) is 3.12. The SMILES string of the molecule is Cc1ccc(CNCc2cn[nH]c2-c2ccc(C)o2)c(C)c1. The number of H-pyrrole nitrogens is 1. The highest BCUT2D eigenvalue weighted by Gasteiger charge is 2.10. The molecule has 1 aromatic carbocycles. The summed E-state index contributed by atoms with van der Waals surface area (Å²) in [6.07, 6.45) is 1.85. The number of aromatic nitrogens is 2. The fraction of sp³-hybridized carbons (Fsp3) is 0.278. The van der Waals surface area contributed by atoms with E-state index in [1.54, 1.807) is 0 Å². The number of nitrogens with one attached hydrogen (secondary N) is 2. The van der Waals surface area contributed by atoms with E-state index >= 15 is 0 Å². The lowest BCUT2D eigenvalue weighted by Gasteiger charge is -2.08. The first kappa shape index (κ1) is 14.6. The molecule has 114 valence electrons. The Hall–Kier alpha value is -2.33. The second kappa shape index (κ2) is 6.20. The fourth-order valence-corrected chi connectivity index (χ4v) is 2.60. The zero-order valence-corrected chi connectivity index (χ0v) is 13.2. The number of nitrogens with zero attached hydrogens (tertiary/aromatic N) is 1. The number of hydrogen-bond donors (Lipinski definition) is 2. The van der Waals surface area contributed by atoms with Gasteiger partial charge in [0.25, 0.3) is 0 Å². The van der Waals surface area contributed by atoms with Crippen LogP contribution in [0.2, 0.25) is 0 Å². The maximum atomic E-state index is 5.67. The number of rotatable bonds is 5. The van der Waals surface area contributed by atoms with Crippen molar-refractivity contribution in [3.8, 4) is 11.5 Å². The van der Waals surface area contributed by atoms with Crippen LogP contribution < -0.4 is 5.32 Å². The highest BCUT2D eigenvalue weighted by Crippen LogP contribution is 2.23. The van der Waals surface area contributed by atoms with Crippen molar-refractivity contribution >= 4 is 0 Å². The number of hydrogen-bond acceptors (Lipinski definition) is 3. The van der Waals surface area contributed by atoms with E-state index in [0.717, 1.165) is 35.9 Å². The molecule has 2 N–H and O–H groups in total. The number of benzene rings is 1. The predicted molar refractivity (Wildman–Crippen MR) is 87.5 cm³/mol. The highest BCUT2D eigenvalue weighted by molar-refractivity contribution is 5.56. The van der Waals surface area contributed by atoms with E-state index in [0.29, 0.717) is 0 Å². The van der Waals surface area contributed by atoms with E-state index in [9.17, 15) is 0 Å². The molecule has 0 amide bonds. The Kier molecular flexibility index (Phi) is 4.11. The summed E-state index contributed by atoms with van der Waals surface area (Å²) in [4.78, 5) is 0. The van der Waals surface area contributed by atoms with E-state index in [2.05, 4.69) is 47.6 Å². The molecular formula is C18H21N3O. The summed E-state index contributed by atoms with van der Waals surface area (Å²) in [5.74, 6) is 1.73. The second-order valence-corrected chi connectivity index (χ2v) is 5.71. The summed E-state index contributed by atoms with van der Waals surface area (Å²) in [7, 11) is 0. The van der Waals surface area contributed by atoms with Crippen LogP contribution >= 0.6 is 0 Å². The molecule has 3 aromatic rings. The van der Waals surface area contributed by atoms with Gasteiger partial charge in [-0.05, 0) is 44.0 Å². The molecule has 3 rings (SSSR count). The summed E-state index contributed by atoms with van der Waals surface area (Å²) in [5, 5.41) is 10.6. The average Bonchev–Trinajstić information content (AvgIpc) is 3.10. The minimum Gasteiger partial charge on any atom is -0.460 e. The van der Waals surface area contributed by atoms with Crippen LogP contribution in [-0.4, -0.2) is 10.2 Å². The molecule has 0 aliphatic rings. The highest BCUT2D eigenvalue weighted by atomic mass is 16.3. The van der Waals surface area contributed by atoms with E-state index in [-0.39, 0.29) is 0 Å². The van der Waals surface area contributed by atoms with Crippen LogP contribution in [0.1, 0.15) is 28.0 Å². The molecule has 0 saturated carbocycles. The Morgan fingerprint density at radius 1 is 1.05 bits per heavy atom. The molecule has 0 radical (unpaired) electrons. The maximum Gasteiger partial charge on any atom is 0.152 e. The molecule has 4 heteroatoms. The van der Waals surface area contributed by atoms with Crippen molar-refractivity contribution in [3.63, 3.8) is 0 Å². The van der Waals surface area contributed by atoms with Gasteiger partial charge in [-0.1, -0.05) is 23.8 Å². The molecule has 0 saturated heterocycles. The molecule has 22 heavy (non-hydrogen) atoms. The molecule has 2 aromatic heterocycles.